The van der Waals surface area contributed by atoms with Gasteiger partial charge in [-0.15, -0.1) is 0 Å². The van der Waals surface area contributed by atoms with Crippen LogP contribution in [-0.4, -0.2) is 12.5 Å². The summed E-state index contributed by atoms with van der Waals surface area (Å²) in [6.07, 6.45) is 2.09. The summed E-state index contributed by atoms with van der Waals surface area (Å²) in [6.45, 7) is 3.94. The molecule has 0 aromatic heterocycles. The number of nitrogens with one attached hydrogen (secondary N) is 2. The first-order valence-electron chi connectivity index (χ1n) is 5.90. The SMILES string of the molecule is CCNCc1ccc(NC(=O)C2CC2)cc1. The van der Waals surface area contributed by atoms with Crippen LogP contribution in [0.1, 0.15) is 25.3 Å². The van der Waals surface area contributed by atoms with Gasteiger partial charge in [0.15, 0.2) is 0 Å². The smallest absolute Gasteiger partial charge is 0.227 e. The summed E-state index contributed by atoms with van der Waals surface area (Å²) in [5.74, 6) is 0.431. The summed E-state index contributed by atoms with van der Waals surface area (Å²) in [7, 11) is 0. The second-order valence-electron chi connectivity index (χ2n) is 4.24. The van der Waals surface area contributed by atoms with E-state index in [1.54, 1.807) is 0 Å². The molecule has 3 nitrogen and oxygen atoms in total. The average Bonchev–Trinajstić information content (AvgIpc) is 3.12. The first-order chi connectivity index (χ1) is 7.79. The minimum Gasteiger partial charge on any atom is -0.326 e. The van der Waals surface area contributed by atoms with E-state index in [4.69, 9.17) is 0 Å². The molecular formula is C13H18N2O. The molecular weight excluding hydrogens is 200 g/mol. The zero-order valence-corrected chi connectivity index (χ0v) is 9.62. The molecule has 3 heteroatoms. The third-order valence-corrected chi connectivity index (χ3v) is 2.75. The van der Waals surface area contributed by atoms with Crippen molar-refractivity contribution < 1.29 is 4.79 Å². The fourth-order valence-electron chi connectivity index (χ4n) is 1.57. The topological polar surface area (TPSA) is 41.1 Å². The highest BCUT2D eigenvalue weighted by Crippen LogP contribution is 2.30. The molecule has 1 aromatic carbocycles. The van der Waals surface area contributed by atoms with Gasteiger partial charge in [0, 0.05) is 18.2 Å². The minimum absolute atomic E-state index is 0.166. The van der Waals surface area contributed by atoms with E-state index in [0.29, 0.717) is 0 Å². The molecule has 1 saturated carbocycles. The molecule has 86 valence electrons. The maximum atomic E-state index is 11.5. The Bertz CT molecular complexity index is 355. The number of carbonyl (C=O) groups is 1. The molecule has 0 saturated heterocycles. The molecule has 0 unspecified atom stereocenters. The van der Waals surface area contributed by atoms with Crippen LogP contribution in [0.5, 0.6) is 0 Å². The van der Waals surface area contributed by atoms with E-state index >= 15 is 0 Å². The number of hydrogen-bond acceptors (Lipinski definition) is 2. The Balaban J connectivity index is 1.88. The molecule has 1 fully saturated rings. The number of anilines is 1. The molecule has 0 atom stereocenters. The lowest BCUT2D eigenvalue weighted by Crippen LogP contribution is -2.14. The van der Waals surface area contributed by atoms with Gasteiger partial charge in [0.2, 0.25) is 5.91 Å². The average molecular weight is 218 g/mol. The van der Waals surface area contributed by atoms with Crippen LogP contribution in [0.2, 0.25) is 0 Å². The molecule has 1 aliphatic carbocycles. The van der Waals surface area contributed by atoms with Crippen LogP contribution in [0.25, 0.3) is 0 Å². The summed E-state index contributed by atoms with van der Waals surface area (Å²) in [5, 5.41) is 6.19. The van der Waals surface area contributed by atoms with Gasteiger partial charge < -0.3 is 10.6 Å². The van der Waals surface area contributed by atoms with E-state index < -0.39 is 0 Å². The van der Waals surface area contributed by atoms with E-state index in [9.17, 15) is 4.79 Å². The zero-order chi connectivity index (χ0) is 11.4. The lowest BCUT2D eigenvalue weighted by atomic mass is 10.2. The lowest BCUT2D eigenvalue weighted by Gasteiger charge is -2.06. The molecule has 0 heterocycles. The van der Waals surface area contributed by atoms with Gasteiger partial charge in [-0.25, -0.2) is 0 Å². The van der Waals surface area contributed by atoms with Crippen molar-refractivity contribution in [1.82, 2.24) is 5.32 Å². The minimum atomic E-state index is 0.166. The Morgan fingerprint density at radius 1 is 1.31 bits per heavy atom. The van der Waals surface area contributed by atoms with Crippen molar-refractivity contribution >= 4 is 11.6 Å². The normalized spacial score (nSPS) is 14.8. The van der Waals surface area contributed by atoms with Gasteiger partial charge in [-0.05, 0) is 37.1 Å². The predicted molar refractivity (Wildman–Crippen MR) is 65.2 cm³/mol. The van der Waals surface area contributed by atoms with E-state index in [1.807, 2.05) is 24.3 Å². The quantitative estimate of drug-likeness (QED) is 0.795. The van der Waals surface area contributed by atoms with Crippen molar-refractivity contribution in [2.24, 2.45) is 5.92 Å². The Kier molecular flexibility index (Phi) is 3.57. The number of rotatable bonds is 5. The molecule has 0 spiro atoms. The van der Waals surface area contributed by atoms with Crippen molar-refractivity contribution in [1.29, 1.82) is 0 Å². The third-order valence-electron chi connectivity index (χ3n) is 2.75. The van der Waals surface area contributed by atoms with Gasteiger partial charge in [-0.2, -0.15) is 0 Å². The molecule has 0 aliphatic heterocycles. The molecule has 1 amide bonds. The first-order valence-corrected chi connectivity index (χ1v) is 5.90. The molecule has 0 bridgehead atoms. The molecule has 1 aromatic rings. The van der Waals surface area contributed by atoms with Crippen LogP contribution >= 0.6 is 0 Å². The van der Waals surface area contributed by atoms with Gasteiger partial charge in [-0.1, -0.05) is 19.1 Å². The number of carbonyl (C=O) groups excluding carboxylic acids is 1. The van der Waals surface area contributed by atoms with Crippen LogP contribution in [0.15, 0.2) is 24.3 Å². The van der Waals surface area contributed by atoms with Gasteiger partial charge in [0.1, 0.15) is 0 Å². The molecule has 16 heavy (non-hydrogen) atoms. The number of hydrogen-bond donors (Lipinski definition) is 2. The monoisotopic (exact) mass is 218 g/mol. The Morgan fingerprint density at radius 2 is 2.00 bits per heavy atom. The second-order valence-corrected chi connectivity index (χ2v) is 4.24. The van der Waals surface area contributed by atoms with E-state index in [0.717, 1.165) is 31.6 Å². The van der Waals surface area contributed by atoms with Crippen LogP contribution in [0.4, 0.5) is 5.69 Å². The third kappa shape index (κ3) is 3.07. The Labute approximate surface area is 96.2 Å². The second kappa shape index (κ2) is 5.12. The summed E-state index contributed by atoms with van der Waals surface area (Å²) in [5.41, 5.74) is 2.14. The van der Waals surface area contributed by atoms with Gasteiger partial charge >= 0.3 is 0 Å². The van der Waals surface area contributed by atoms with E-state index in [-0.39, 0.29) is 11.8 Å². The summed E-state index contributed by atoms with van der Waals surface area (Å²) in [4.78, 5) is 11.5. The fraction of sp³-hybridized carbons (Fsp3) is 0.462. The van der Waals surface area contributed by atoms with Crippen LogP contribution in [0, 0.1) is 5.92 Å². The summed E-state index contributed by atoms with van der Waals surface area (Å²) < 4.78 is 0. The van der Waals surface area contributed by atoms with Crippen LogP contribution in [0.3, 0.4) is 0 Å². The molecule has 2 N–H and O–H groups in total. The lowest BCUT2D eigenvalue weighted by molar-refractivity contribution is -0.117. The van der Waals surface area contributed by atoms with Crippen molar-refractivity contribution in [2.45, 2.75) is 26.3 Å². The molecule has 0 radical (unpaired) electrons. The highest BCUT2D eigenvalue weighted by atomic mass is 16.2. The van der Waals surface area contributed by atoms with Crippen molar-refractivity contribution in [3.05, 3.63) is 29.8 Å². The molecule has 2 rings (SSSR count). The van der Waals surface area contributed by atoms with E-state index in [1.165, 1.54) is 5.56 Å². The van der Waals surface area contributed by atoms with Gasteiger partial charge in [0.05, 0.1) is 0 Å². The Hall–Kier alpha value is -1.35. The van der Waals surface area contributed by atoms with Crippen molar-refractivity contribution in [3.8, 4) is 0 Å². The number of benzene rings is 1. The maximum absolute atomic E-state index is 11.5. The van der Waals surface area contributed by atoms with Crippen molar-refractivity contribution in [2.75, 3.05) is 11.9 Å². The largest absolute Gasteiger partial charge is 0.326 e. The van der Waals surface area contributed by atoms with Crippen molar-refractivity contribution in [3.63, 3.8) is 0 Å². The fourth-order valence-corrected chi connectivity index (χ4v) is 1.57. The highest BCUT2D eigenvalue weighted by molar-refractivity contribution is 5.93. The van der Waals surface area contributed by atoms with Gasteiger partial charge in [-0.3, -0.25) is 4.79 Å². The Morgan fingerprint density at radius 3 is 2.56 bits per heavy atom. The summed E-state index contributed by atoms with van der Waals surface area (Å²) >= 11 is 0. The first kappa shape index (κ1) is 11.1. The number of amides is 1. The van der Waals surface area contributed by atoms with E-state index in [2.05, 4.69) is 17.6 Å². The summed E-state index contributed by atoms with van der Waals surface area (Å²) in [6, 6.07) is 8.02. The van der Waals surface area contributed by atoms with Gasteiger partial charge in [0.25, 0.3) is 0 Å². The molecule has 1 aliphatic rings. The predicted octanol–water partition coefficient (Wildman–Crippen LogP) is 2.14. The highest BCUT2D eigenvalue weighted by Gasteiger charge is 2.29. The maximum Gasteiger partial charge on any atom is 0.227 e. The van der Waals surface area contributed by atoms with Crippen LogP contribution < -0.4 is 10.6 Å². The zero-order valence-electron chi connectivity index (χ0n) is 9.62. The van der Waals surface area contributed by atoms with Crippen LogP contribution in [-0.2, 0) is 11.3 Å². The standard InChI is InChI=1S/C13H18N2O/c1-2-14-9-10-3-7-12(8-4-10)15-13(16)11-5-6-11/h3-4,7-8,11,14H,2,5-6,9H2,1H3,(H,15,16).